The van der Waals surface area contributed by atoms with E-state index in [9.17, 15) is 9.90 Å². The van der Waals surface area contributed by atoms with Crippen molar-refractivity contribution in [3.05, 3.63) is 59.4 Å². The number of hydrogen-bond acceptors (Lipinski definition) is 4. The molecule has 1 aliphatic rings. The summed E-state index contributed by atoms with van der Waals surface area (Å²) in [7, 11) is 1.85. The van der Waals surface area contributed by atoms with Crippen LogP contribution in [0.5, 0.6) is 5.75 Å². The van der Waals surface area contributed by atoms with Gasteiger partial charge in [-0.2, -0.15) is 0 Å². The Hall–Kier alpha value is -2.95. The van der Waals surface area contributed by atoms with E-state index in [4.69, 9.17) is 4.42 Å². The molecule has 0 spiro atoms. The van der Waals surface area contributed by atoms with Crippen LogP contribution in [0.2, 0.25) is 0 Å². The number of furan rings is 1. The smallest absolute Gasteiger partial charge is 0.253 e. The highest BCUT2D eigenvalue weighted by Gasteiger charge is 2.30. The van der Waals surface area contributed by atoms with E-state index in [0.717, 1.165) is 53.8 Å². The predicted molar refractivity (Wildman–Crippen MR) is 129 cm³/mol. The summed E-state index contributed by atoms with van der Waals surface area (Å²) in [6.45, 7) is 4.90. The number of anilines is 1. The van der Waals surface area contributed by atoms with Crippen LogP contribution in [0.3, 0.4) is 0 Å². The standard InChI is InChI=1S/C27H34N2O3/c1-4-16-29(3)27(31)20-10-12-21(13-11-20)28-25(19-8-6-5-7-9-19)26-18(2)23-17-22(30)14-15-24(23)32-26/h10-15,17,19,25,28,30H,4-9,16H2,1-3H3. The first-order valence-electron chi connectivity index (χ1n) is 11.8. The molecule has 5 nitrogen and oxygen atoms in total. The maximum absolute atomic E-state index is 12.6. The predicted octanol–water partition coefficient (Wildman–Crippen LogP) is 6.66. The number of rotatable bonds is 7. The molecule has 0 aliphatic heterocycles. The highest BCUT2D eigenvalue weighted by Crippen LogP contribution is 2.41. The number of hydrogen-bond donors (Lipinski definition) is 2. The molecule has 170 valence electrons. The Morgan fingerprint density at radius 2 is 1.88 bits per heavy atom. The topological polar surface area (TPSA) is 65.7 Å². The quantitative estimate of drug-likeness (QED) is 0.436. The summed E-state index contributed by atoms with van der Waals surface area (Å²) >= 11 is 0. The first-order chi connectivity index (χ1) is 15.5. The minimum atomic E-state index is 0.0501. The van der Waals surface area contributed by atoms with Gasteiger partial charge in [0.05, 0.1) is 6.04 Å². The molecule has 1 aliphatic carbocycles. The molecule has 0 bridgehead atoms. The van der Waals surface area contributed by atoms with Crippen molar-refractivity contribution in [2.45, 2.75) is 58.4 Å². The SMILES string of the molecule is CCCN(C)C(=O)c1ccc(NC(c2oc3ccc(O)cc3c2C)C2CCCCC2)cc1. The average molecular weight is 435 g/mol. The number of amides is 1. The van der Waals surface area contributed by atoms with Crippen molar-refractivity contribution in [2.75, 3.05) is 18.9 Å². The number of fused-ring (bicyclic) bond motifs is 1. The lowest BCUT2D eigenvalue weighted by Gasteiger charge is -2.31. The highest BCUT2D eigenvalue weighted by molar-refractivity contribution is 5.94. The number of benzene rings is 2. The molecule has 1 unspecified atom stereocenters. The molecule has 4 rings (SSSR count). The molecule has 1 atom stereocenters. The second-order valence-corrected chi connectivity index (χ2v) is 9.10. The van der Waals surface area contributed by atoms with Crippen molar-refractivity contribution in [3.8, 4) is 5.75 Å². The van der Waals surface area contributed by atoms with Crippen LogP contribution in [0.4, 0.5) is 5.69 Å². The summed E-state index contributed by atoms with van der Waals surface area (Å²) < 4.78 is 6.33. The second kappa shape index (κ2) is 9.68. The Bertz CT molecular complexity index is 1060. The van der Waals surface area contributed by atoms with E-state index >= 15 is 0 Å². The van der Waals surface area contributed by atoms with Crippen LogP contribution in [-0.2, 0) is 0 Å². The molecule has 32 heavy (non-hydrogen) atoms. The first kappa shape index (κ1) is 22.3. The van der Waals surface area contributed by atoms with Gasteiger partial charge >= 0.3 is 0 Å². The monoisotopic (exact) mass is 434 g/mol. The van der Waals surface area contributed by atoms with Crippen molar-refractivity contribution in [1.82, 2.24) is 4.90 Å². The molecule has 1 heterocycles. The lowest BCUT2D eigenvalue weighted by molar-refractivity contribution is 0.0795. The molecule has 0 radical (unpaired) electrons. The van der Waals surface area contributed by atoms with E-state index in [-0.39, 0.29) is 17.7 Å². The van der Waals surface area contributed by atoms with Gasteiger partial charge in [0, 0.05) is 35.8 Å². The minimum Gasteiger partial charge on any atom is -0.508 e. The largest absolute Gasteiger partial charge is 0.508 e. The molecule has 1 aromatic heterocycles. The van der Waals surface area contributed by atoms with Gasteiger partial charge in [-0.15, -0.1) is 0 Å². The average Bonchev–Trinajstić information content (AvgIpc) is 3.13. The van der Waals surface area contributed by atoms with Crippen molar-refractivity contribution in [2.24, 2.45) is 5.92 Å². The Kier molecular flexibility index (Phi) is 6.73. The van der Waals surface area contributed by atoms with E-state index < -0.39 is 0 Å². The van der Waals surface area contributed by atoms with Crippen molar-refractivity contribution >= 4 is 22.6 Å². The summed E-state index contributed by atoms with van der Waals surface area (Å²) in [5.41, 5.74) is 3.57. The first-order valence-corrected chi connectivity index (χ1v) is 11.8. The number of phenols is 1. The third-order valence-corrected chi connectivity index (χ3v) is 6.72. The number of carbonyl (C=O) groups is 1. The number of phenolic OH excluding ortho intramolecular Hbond substituents is 1. The van der Waals surface area contributed by atoms with Gasteiger partial charge in [0.25, 0.3) is 5.91 Å². The number of aryl methyl sites for hydroxylation is 1. The summed E-state index contributed by atoms with van der Waals surface area (Å²) in [5.74, 6) is 1.73. The van der Waals surface area contributed by atoms with Gasteiger partial charge in [-0.25, -0.2) is 0 Å². The molecular formula is C27H34N2O3. The maximum atomic E-state index is 12.6. The van der Waals surface area contributed by atoms with Gasteiger partial charge in [-0.3, -0.25) is 4.79 Å². The highest BCUT2D eigenvalue weighted by atomic mass is 16.3. The van der Waals surface area contributed by atoms with E-state index in [2.05, 4.69) is 19.2 Å². The molecular weight excluding hydrogens is 400 g/mol. The minimum absolute atomic E-state index is 0.0501. The van der Waals surface area contributed by atoms with Crippen LogP contribution in [0, 0.1) is 12.8 Å². The lowest BCUT2D eigenvalue weighted by atomic mass is 9.82. The normalized spacial score (nSPS) is 15.6. The van der Waals surface area contributed by atoms with Crippen LogP contribution in [0.15, 0.2) is 46.9 Å². The summed E-state index contributed by atoms with van der Waals surface area (Å²) in [6, 6.07) is 13.1. The number of nitrogens with one attached hydrogen (secondary N) is 1. The molecule has 2 aromatic carbocycles. The molecule has 0 saturated heterocycles. The fraction of sp³-hybridized carbons (Fsp3) is 0.444. The zero-order chi connectivity index (χ0) is 22.7. The van der Waals surface area contributed by atoms with Gasteiger partial charge in [-0.05, 0) is 74.6 Å². The molecule has 2 N–H and O–H groups in total. The van der Waals surface area contributed by atoms with Crippen LogP contribution in [0.1, 0.15) is 73.2 Å². The van der Waals surface area contributed by atoms with Crippen LogP contribution >= 0.6 is 0 Å². The molecule has 1 fully saturated rings. The number of carbonyl (C=O) groups excluding carboxylic acids is 1. The Morgan fingerprint density at radius 3 is 2.56 bits per heavy atom. The third kappa shape index (κ3) is 4.62. The van der Waals surface area contributed by atoms with E-state index in [1.807, 2.05) is 37.4 Å². The van der Waals surface area contributed by atoms with Crippen molar-refractivity contribution in [3.63, 3.8) is 0 Å². The van der Waals surface area contributed by atoms with E-state index in [1.54, 1.807) is 17.0 Å². The fourth-order valence-electron chi connectivity index (χ4n) is 4.94. The Balaban J connectivity index is 1.62. The lowest BCUT2D eigenvalue weighted by Crippen LogP contribution is -2.27. The molecule has 1 amide bonds. The van der Waals surface area contributed by atoms with E-state index in [1.165, 1.54) is 19.3 Å². The van der Waals surface area contributed by atoms with Gasteiger partial charge < -0.3 is 19.7 Å². The number of nitrogens with zero attached hydrogens (tertiary/aromatic N) is 1. The van der Waals surface area contributed by atoms with E-state index in [0.29, 0.717) is 11.5 Å². The Labute approximate surface area is 190 Å². The van der Waals surface area contributed by atoms with Gasteiger partial charge in [0.2, 0.25) is 0 Å². The number of aromatic hydroxyl groups is 1. The van der Waals surface area contributed by atoms with Crippen LogP contribution in [0.25, 0.3) is 11.0 Å². The third-order valence-electron chi connectivity index (χ3n) is 6.72. The van der Waals surface area contributed by atoms with Crippen molar-refractivity contribution in [1.29, 1.82) is 0 Å². The fourth-order valence-corrected chi connectivity index (χ4v) is 4.94. The van der Waals surface area contributed by atoms with Gasteiger partial charge in [-0.1, -0.05) is 26.2 Å². The van der Waals surface area contributed by atoms with Crippen LogP contribution in [-0.4, -0.2) is 29.5 Å². The zero-order valence-electron chi connectivity index (χ0n) is 19.4. The van der Waals surface area contributed by atoms with Gasteiger partial charge in [0.15, 0.2) is 0 Å². The zero-order valence-corrected chi connectivity index (χ0v) is 19.4. The van der Waals surface area contributed by atoms with Gasteiger partial charge in [0.1, 0.15) is 17.1 Å². The van der Waals surface area contributed by atoms with Crippen LogP contribution < -0.4 is 5.32 Å². The summed E-state index contributed by atoms with van der Waals surface area (Å²) in [4.78, 5) is 14.3. The molecule has 5 heteroatoms. The summed E-state index contributed by atoms with van der Waals surface area (Å²) in [5, 5.41) is 14.6. The molecule has 3 aromatic rings. The maximum Gasteiger partial charge on any atom is 0.253 e. The summed E-state index contributed by atoms with van der Waals surface area (Å²) in [6.07, 6.45) is 7.04. The second-order valence-electron chi connectivity index (χ2n) is 9.10. The Morgan fingerprint density at radius 1 is 1.16 bits per heavy atom. The van der Waals surface area contributed by atoms with Crippen molar-refractivity contribution < 1.29 is 14.3 Å². The molecule has 1 saturated carbocycles.